The van der Waals surface area contributed by atoms with E-state index in [1.54, 1.807) is 12.1 Å². The second-order valence-corrected chi connectivity index (χ2v) is 13.1. The molecule has 0 heterocycles. The van der Waals surface area contributed by atoms with Gasteiger partial charge in [-0.25, -0.2) is 0 Å². The van der Waals surface area contributed by atoms with Gasteiger partial charge in [0.05, 0.1) is 0 Å². The second-order valence-electron chi connectivity index (χ2n) is 3.26. The molecule has 0 saturated heterocycles. The number of hydrogen-bond acceptors (Lipinski definition) is 1. The molecule has 0 radical (unpaired) electrons. The van der Waals surface area contributed by atoms with E-state index in [4.69, 9.17) is 17.8 Å². The van der Waals surface area contributed by atoms with Crippen molar-refractivity contribution < 1.29 is 3.07 Å². The van der Waals surface area contributed by atoms with Gasteiger partial charge >= 0.3 is 106 Å². The summed E-state index contributed by atoms with van der Waals surface area (Å²) in [7, 11) is 11.3. The number of halogens is 3. The summed E-state index contributed by atoms with van der Waals surface area (Å²) >= 11 is -3.87. The van der Waals surface area contributed by atoms with Crippen LogP contribution in [-0.2, 0) is 3.07 Å². The van der Waals surface area contributed by atoms with E-state index >= 15 is 0 Å². The maximum atomic E-state index is 11.5. The summed E-state index contributed by atoms with van der Waals surface area (Å²) in [5.74, 6) is 0. The van der Waals surface area contributed by atoms with Crippen LogP contribution >= 0.6 is 34.0 Å². The van der Waals surface area contributed by atoms with Gasteiger partial charge < -0.3 is 0 Å². The molecule has 0 fully saturated rings. The fourth-order valence-corrected chi connectivity index (χ4v) is 3.89. The van der Waals surface area contributed by atoms with Crippen molar-refractivity contribution in [3.63, 3.8) is 0 Å². The summed E-state index contributed by atoms with van der Waals surface area (Å²) in [6, 6.07) is 17.2. The van der Waals surface area contributed by atoms with Gasteiger partial charge in [-0.2, -0.15) is 0 Å². The van der Waals surface area contributed by atoms with E-state index in [1.165, 1.54) is 0 Å². The number of hydrogen-bond donors (Lipinski definition) is 0. The molecule has 4 heteroatoms. The summed E-state index contributed by atoms with van der Waals surface area (Å²) in [6.07, 6.45) is 0. The Morgan fingerprint density at radius 2 is 1.25 bits per heavy atom. The summed E-state index contributed by atoms with van der Waals surface area (Å²) in [5, 5.41) is 0. The molecule has 2 aromatic rings. The minimum atomic E-state index is -3.87. The zero-order valence-corrected chi connectivity index (χ0v) is 11.9. The Kier molecular flexibility index (Phi) is 3.62. The van der Waals surface area contributed by atoms with Gasteiger partial charge in [-0.05, 0) is 0 Å². The van der Waals surface area contributed by atoms with Crippen LogP contribution in [-0.4, -0.2) is 0 Å². The average molecular weight is 367 g/mol. The summed E-state index contributed by atoms with van der Waals surface area (Å²) < 4.78 is 12.0. The van der Waals surface area contributed by atoms with Crippen molar-refractivity contribution in [2.24, 2.45) is 0 Å². The standard InChI is InChI=1S/C12H9Cl2IO/c13-15(14,16)12-8-6-11(7-9-12)10-4-2-1-3-5-10/h1-9H. The van der Waals surface area contributed by atoms with Crippen LogP contribution in [0.3, 0.4) is 0 Å². The van der Waals surface area contributed by atoms with Crippen LogP contribution in [0.25, 0.3) is 11.1 Å². The quantitative estimate of drug-likeness (QED) is 0.666. The third-order valence-corrected chi connectivity index (χ3v) is 6.59. The molecular formula is C12H9Cl2IO. The van der Waals surface area contributed by atoms with Gasteiger partial charge in [0, 0.05) is 0 Å². The molecule has 0 amide bonds. The van der Waals surface area contributed by atoms with Crippen molar-refractivity contribution in [2.75, 3.05) is 0 Å². The molecule has 0 atom stereocenters. The van der Waals surface area contributed by atoms with E-state index in [-0.39, 0.29) is 0 Å². The summed E-state index contributed by atoms with van der Waals surface area (Å²) in [4.78, 5) is 0. The molecule has 2 rings (SSSR count). The molecule has 16 heavy (non-hydrogen) atoms. The predicted octanol–water partition coefficient (Wildman–Crippen LogP) is 5.22. The van der Waals surface area contributed by atoms with Gasteiger partial charge in [0.2, 0.25) is 0 Å². The molecule has 0 spiro atoms. The normalized spacial score (nSPS) is 12.4. The van der Waals surface area contributed by atoms with E-state index in [0.29, 0.717) is 3.57 Å². The third-order valence-electron chi connectivity index (χ3n) is 2.21. The Balaban J connectivity index is 2.38. The molecule has 0 unspecified atom stereocenters. The monoisotopic (exact) mass is 366 g/mol. The first-order valence-electron chi connectivity index (χ1n) is 4.61. The first kappa shape index (κ1) is 12.0. The van der Waals surface area contributed by atoms with Crippen molar-refractivity contribution in [1.82, 2.24) is 0 Å². The first-order chi connectivity index (χ1) is 7.57. The van der Waals surface area contributed by atoms with Crippen molar-refractivity contribution in [3.8, 4) is 11.1 Å². The van der Waals surface area contributed by atoms with E-state index < -0.39 is 16.2 Å². The van der Waals surface area contributed by atoms with Gasteiger partial charge in [0.15, 0.2) is 0 Å². The van der Waals surface area contributed by atoms with E-state index in [0.717, 1.165) is 11.1 Å². The Hall–Kier alpha value is -0.450. The van der Waals surface area contributed by atoms with Gasteiger partial charge in [0.1, 0.15) is 0 Å². The Morgan fingerprint density at radius 1 is 0.750 bits per heavy atom. The van der Waals surface area contributed by atoms with E-state index in [1.807, 2.05) is 42.5 Å². The molecule has 0 aromatic heterocycles. The molecular weight excluding hydrogens is 358 g/mol. The van der Waals surface area contributed by atoms with Crippen LogP contribution in [0.2, 0.25) is 0 Å². The summed E-state index contributed by atoms with van der Waals surface area (Å²) in [5.41, 5.74) is 2.17. The molecule has 84 valence electrons. The Morgan fingerprint density at radius 3 is 1.75 bits per heavy atom. The van der Waals surface area contributed by atoms with Crippen molar-refractivity contribution in [3.05, 3.63) is 58.2 Å². The van der Waals surface area contributed by atoms with Crippen molar-refractivity contribution in [2.45, 2.75) is 0 Å². The van der Waals surface area contributed by atoms with Crippen molar-refractivity contribution >= 4 is 34.0 Å². The van der Waals surface area contributed by atoms with Gasteiger partial charge in [-0.15, -0.1) is 0 Å². The maximum absolute atomic E-state index is 11.5. The van der Waals surface area contributed by atoms with Crippen molar-refractivity contribution in [1.29, 1.82) is 0 Å². The van der Waals surface area contributed by atoms with Gasteiger partial charge in [-0.1, -0.05) is 0 Å². The summed E-state index contributed by atoms with van der Waals surface area (Å²) in [6.45, 7) is 0. The molecule has 2 aromatic carbocycles. The minimum absolute atomic E-state index is 0.537. The topological polar surface area (TPSA) is 17.1 Å². The van der Waals surface area contributed by atoms with Gasteiger partial charge in [-0.3, -0.25) is 0 Å². The molecule has 0 aliphatic rings. The molecule has 0 bridgehead atoms. The fourth-order valence-electron chi connectivity index (χ4n) is 1.42. The molecule has 0 aliphatic carbocycles. The zero-order valence-electron chi connectivity index (χ0n) is 8.24. The molecule has 0 N–H and O–H groups in total. The van der Waals surface area contributed by atoms with Gasteiger partial charge in [0.25, 0.3) is 0 Å². The van der Waals surface area contributed by atoms with Crippen LogP contribution in [0, 0.1) is 3.57 Å². The van der Waals surface area contributed by atoms with Crippen LogP contribution in [0.15, 0.2) is 54.6 Å². The first-order valence-corrected chi connectivity index (χ1v) is 12.0. The van der Waals surface area contributed by atoms with Crippen LogP contribution in [0.5, 0.6) is 0 Å². The molecule has 0 aliphatic heterocycles. The average Bonchev–Trinajstić information content (AvgIpc) is 2.29. The Bertz CT molecular complexity index is 516. The van der Waals surface area contributed by atoms with E-state index in [2.05, 4.69) is 0 Å². The van der Waals surface area contributed by atoms with E-state index in [9.17, 15) is 3.07 Å². The molecule has 1 nitrogen and oxygen atoms in total. The number of benzene rings is 2. The zero-order chi connectivity index (χ0) is 11.6. The SMILES string of the molecule is O=I(Cl)(Cl)c1ccc(-c2ccccc2)cc1. The third kappa shape index (κ3) is 2.81. The van der Waals surface area contributed by atoms with Crippen LogP contribution in [0.1, 0.15) is 0 Å². The Labute approximate surface area is 106 Å². The second kappa shape index (κ2) is 4.82. The number of rotatable bonds is 2. The molecule has 0 saturated carbocycles. The predicted molar refractivity (Wildman–Crippen MR) is 77.0 cm³/mol. The van der Waals surface area contributed by atoms with Crippen LogP contribution < -0.4 is 0 Å². The van der Waals surface area contributed by atoms with Crippen LogP contribution in [0.4, 0.5) is 0 Å². The fraction of sp³-hybridized carbons (Fsp3) is 0.